The first-order valence-corrected chi connectivity index (χ1v) is 9.61. The Balaban J connectivity index is 1.72. The number of aliphatic hydroxyl groups is 2. The van der Waals surface area contributed by atoms with Gasteiger partial charge in [0.2, 0.25) is 0 Å². The first kappa shape index (κ1) is 21.9. The highest BCUT2D eigenvalue weighted by Crippen LogP contribution is 2.30. The lowest BCUT2D eigenvalue weighted by molar-refractivity contribution is -0.0626. The predicted octanol–water partition coefficient (Wildman–Crippen LogP) is -0.835. The molecule has 1 amide bonds. The number of nitrogens with one attached hydrogen (secondary N) is 2. The first-order chi connectivity index (χ1) is 14.5. The number of aryl methyl sites for hydroxylation is 1. The smallest absolute Gasteiger partial charge is 0.330 e. The van der Waals surface area contributed by atoms with Gasteiger partial charge in [0.05, 0.1) is 6.61 Å². The fraction of sp³-hybridized carbons (Fsp3) is 0.450. The molecule has 0 aliphatic carbocycles. The fourth-order valence-electron chi connectivity index (χ4n) is 3.42. The summed E-state index contributed by atoms with van der Waals surface area (Å²) in [6.07, 6.45) is -1.70. The van der Waals surface area contributed by atoms with Gasteiger partial charge in [0.1, 0.15) is 23.9 Å². The van der Waals surface area contributed by atoms with Gasteiger partial charge in [-0.3, -0.25) is 19.1 Å². The van der Waals surface area contributed by atoms with Gasteiger partial charge in [-0.05, 0) is 18.4 Å². The number of benzene rings is 1. The second-order valence-electron chi connectivity index (χ2n) is 6.99. The maximum Gasteiger partial charge on any atom is 0.330 e. The number of nitrogens with zero attached hydrogens (tertiary/aromatic N) is 1. The standard InChI is InChI=1S/C20H25N3O7/c1-29-16-15(25)14(11-24)30-19(16)23-10-13(18(27)22-20(23)28)17(26)21-9-5-8-12-6-3-2-4-7-12/h2-4,6-7,10,14-16,19,24-25H,5,8-9,11H2,1H3,(H,21,26)(H,22,27,28)/t14-,15+,16-,19-/m1/s1. The zero-order valence-electron chi connectivity index (χ0n) is 16.5. The van der Waals surface area contributed by atoms with Gasteiger partial charge in [-0.2, -0.15) is 0 Å². The van der Waals surface area contributed by atoms with Crippen molar-refractivity contribution in [3.05, 3.63) is 68.5 Å². The molecule has 0 radical (unpaired) electrons. The molecule has 1 aliphatic rings. The maximum atomic E-state index is 12.5. The molecule has 1 saturated heterocycles. The van der Waals surface area contributed by atoms with Crippen LogP contribution in [0.2, 0.25) is 0 Å². The van der Waals surface area contributed by atoms with E-state index in [0.717, 1.165) is 22.7 Å². The normalized spacial score (nSPS) is 23.4. The Bertz CT molecular complexity index is 972. The van der Waals surface area contributed by atoms with Gasteiger partial charge >= 0.3 is 5.69 Å². The van der Waals surface area contributed by atoms with E-state index in [1.165, 1.54) is 7.11 Å². The highest BCUT2D eigenvalue weighted by molar-refractivity contribution is 5.93. The van der Waals surface area contributed by atoms with Gasteiger partial charge in [-0.1, -0.05) is 30.3 Å². The van der Waals surface area contributed by atoms with Crippen LogP contribution in [0.15, 0.2) is 46.1 Å². The minimum absolute atomic E-state index is 0.269. The Morgan fingerprint density at radius 2 is 2.03 bits per heavy atom. The van der Waals surface area contributed by atoms with Crippen LogP contribution in [0.4, 0.5) is 0 Å². The van der Waals surface area contributed by atoms with Crippen LogP contribution < -0.4 is 16.6 Å². The number of hydrogen-bond acceptors (Lipinski definition) is 7. The quantitative estimate of drug-likeness (QED) is 0.409. The summed E-state index contributed by atoms with van der Waals surface area (Å²) in [5.74, 6) is -0.635. The van der Waals surface area contributed by atoms with Crippen molar-refractivity contribution in [2.75, 3.05) is 20.3 Å². The third-order valence-corrected chi connectivity index (χ3v) is 5.02. The second kappa shape index (κ2) is 9.81. The van der Waals surface area contributed by atoms with E-state index in [1.807, 2.05) is 30.3 Å². The molecule has 162 valence electrons. The summed E-state index contributed by atoms with van der Waals surface area (Å²) in [5.41, 5.74) is -0.782. The number of aromatic nitrogens is 2. The summed E-state index contributed by atoms with van der Waals surface area (Å²) in [4.78, 5) is 39.0. The summed E-state index contributed by atoms with van der Waals surface area (Å²) >= 11 is 0. The van der Waals surface area contributed by atoms with Crippen molar-refractivity contribution in [3.8, 4) is 0 Å². The molecular weight excluding hydrogens is 394 g/mol. The highest BCUT2D eigenvalue weighted by atomic mass is 16.6. The van der Waals surface area contributed by atoms with Crippen molar-refractivity contribution in [2.24, 2.45) is 0 Å². The molecule has 10 heteroatoms. The van der Waals surface area contributed by atoms with Gasteiger partial charge in [-0.15, -0.1) is 0 Å². The van der Waals surface area contributed by atoms with Crippen LogP contribution in [0.3, 0.4) is 0 Å². The molecule has 4 N–H and O–H groups in total. The van der Waals surface area contributed by atoms with Crippen molar-refractivity contribution in [1.82, 2.24) is 14.9 Å². The van der Waals surface area contributed by atoms with Crippen molar-refractivity contribution in [1.29, 1.82) is 0 Å². The molecule has 2 heterocycles. The average Bonchev–Trinajstić information content (AvgIpc) is 3.07. The Morgan fingerprint density at radius 3 is 2.70 bits per heavy atom. The number of hydrogen-bond donors (Lipinski definition) is 4. The number of carbonyl (C=O) groups is 1. The Kier molecular flexibility index (Phi) is 7.16. The lowest BCUT2D eigenvalue weighted by Crippen LogP contribution is -2.41. The van der Waals surface area contributed by atoms with Gasteiger partial charge in [0.25, 0.3) is 11.5 Å². The van der Waals surface area contributed by atoms with Gasteiger partial charge in [0.15, 0.2) is 6.23 Å². The van der Waals surface area contributed by atoms with E-state index in [9.17, 15) is 24.6 Å². The monoisotopic (exact) mass is 419 g/mol. The van der Waals surface area contributed by atoms with Gasteiger partial charge in [-0.25, -0.2) is 4.79 Å². The van der Waals surface area contributed by atoms with Gasteiger partial charge in [0, 0.05) is 19.9 Å². The molecule has 1 fully saturated rings. The highest BCUT2D eigenvalue weighted by Gasteiger charge is 2.45. The summed E-state index contributed by atoms with van der Waals surface area (Å²) < 4.78 is 11.7. The average molecular weight is 419 g/mol. The summed E-state index contributed by atoms with van der Waals surface area (Å²) in [5, 5.41) is 22.2. The number of rotatable bonds is 8. The molecule has 1 aliphatic heterocycles. The van der Waals surface area contributed by atoms with Crippen molar-refractivity contribution in [2.45, 2.75) is 37.4 Å². The summed E-state index contributed by atoms with van der Waals surface area (Å²) in [7, 11) is 1.32. The van der Waals surface area contributed by atoms with Crippen molar-refractivity contribution in [3.63, 3.8) is 0 Å². The summed E-state index contributed by atoms with van der Waals surface area (Å²) in [6.45, 7) is -0.136. The van der Waals surface area contributed by atoms with Crippen LogP contribution >= 0.6 is 0 Å². The zero-order valence-corrected chi connectivity index (χ0v) is 16.5. The topological polar surface area (TPSA) is 143 Å². The Morgan fingerprint density at radius 1 is 1.30 bits per heavy atom. The minimum Gasteiger partial charge on any atom is -0.394 e. The third kappa shape index (κ3) is 4.68. The van der Waals surface area contributed by atoms with Crippen LogP contribution in [0, 0.1) is 0 Å². The number of amides is 1. The number of ether oxygens (including phenoxy) is 2. The number of aromatic amines is 1. The lowest BCUT2D eigenvalue weighted by atomic mass is 10.1. The summed E-state index contributed by atoms with van der Waals surface area (Å²) in [6, 6.07) is 9.78. The molecule has 0 unspecified atom stereocenters. The fourth-order valence-corrected chi connectivity index (χ4v) is 3.42. The molecule has 2 aromatic rings. The van der Waals surface area contributed by atoms with Gasteiger partial charge < -0.3 is 25.0 Å². The lowest BCUT2D eigenvalue weighted by Gasteiger charge is -2.20. The van der Waals surface area contributed by atoms with Crippen LogP contribution in [0.25, 0.3) is 0 Å². The number of carbonyl (C=O) groups excluding carboxylic acids is 1. The molecule has 3 rings (SSSR count). The molecular formula is C20H25N3O7. The molecule has 30 heavy (non-hydrogen) atoms. The van der Waals surface area contributed by atoms with E-state index in [2.05, 4.69) is 10.3 Å². The van der Waals surface area contributed by atoms with E-state index >= 15 is 0 Å². The second-order valence-corrected chi connectivity index (χ2v) is 6.99. The molecule has 4 atom stereocenters. The molecule has 0 spiro atoms. The number of H-pyrrole nitrogens is 1. The van der Waals surface area contributed by atoms with Crippen molar-refractivity contribution >= 4 is 5.91 Å². The molecule has 0 saturated carbocycles. The first-order valence-electron chi connectivity index (χ1n) is 9.61. The Hall–Kier alpha value is -2.79. The molecule has 10 nitrogen and oxygen atoms in total. The largest absolute Gasteiger partial charge is 0.394 e. The number of methoxy groups -OCH3 is 1. The van der Waals surface area contributed by atoms with Crippen LogP contribution in [-0.2, 0) is 15.9 Å². The third-order valence-electron chi connectivity index (χ3n) is 5.02. The number of aliphatic hydroxyl groups excluding tert-OH is 2. The minimum atomic E-state index is -1.18. The predicted molar refractivity (Wildman–Crippen MR) is 106 cm³/mol. The van der Waals surface area contributed by atoms with Crippen molar-refractivity contribution < 1.29 is 24.5 Å². The maximum absolute atomic E-state index is 12.5. The van der Waals surface area contributed by atoms with Crippen LogP contribution in [0.1, 0.15) is 28.6 Å². The van der Waals surface area contributed by atoms with E-state index in [0.29, 0.717) is 13.0 Å². The Labute approximate surface area is 172 Å². The van der Waals surface area contributed by atoms with E-state index in [-0.39, 0.29) is 5.56 Å². The molecule has 0 bridgehead atoms. The molecule has 1 aromatic heterocycles. The van der Waals surface area contributed by atoms with E-state index in [4.69, 9.17) is 9.47 Å². The molecule has 1 aromatic carbocycles. The zero-order chi connectivity index (χ0) is 21.7. The van der Waals surface area contributed by atoms with Crippen LogP contribution in [0.5, 0.6) is 0 Å². The van der Waals surface area contributed by atoms with E-state index in [1.54, 1.807) is 0 Å². The van der Waals surface area contributed by atoms with E-state index < -0.39 is 48.3 Å². The van der Waals surface area contributed by atoms with Crippen LogP contribution in [-0.4, -0.2) is 64.2 Å². The SMILES string of the molecule is CO[C@@H]1[C@@H](O)[C@@H](CO)O[C@H]1n1cc(C(=O)NCCCc2ccccc2)c(=O)[nH]c1=O.